The number of sulfone groups is 4. The standard InChI is InChI=1S/C42H50O12S4/c1-30(42(57(47,48)39-12-8-9-13-40(39)58(42,49)50)27-24-32(3)54-29-34-16-20-36(52-5)21-17-34)22-25-41(55(43,44)37-10-6-7-11-38(37)56(41,45)46)26-23-31(2)53-28-33-14-18-35(51-4)19-15-33/h6-21,30-32H,22-29H2,1-5H3/t30-,31+,32+/m1/s1. The lowest BCUT2D eigenvalue weighted by atomic mass is 9.94. The van der Waals surface area contributed by atoms with Crippen LogP contribution in [-0.2, 0) is 62.0 Å². The molecule has 0 aliphatic carbocycles. The van der Waals surface area contributed by atoms with Gasteiger partial charge in [0.1, 0.15) is 11.5 Å². The van der Waals surface area contributed by atoms with E-state index in [1.165, 1.54) is 55.5 Å². The topological polar surface area (TPSA) is 173 Å². The Bertz CT molecular complexity index is 2450. The number of hydrogen-bond donors (Lipinski definition) is 0. The molecular weight excluding hydrogens is 825 g/mol. The summed E-state index contributed by atoms with van der Waals surface area (Å²) in [4.78, 5) is -1.33. The Hall–Kier alpha value is -3.80. The predicted molar refractivity (Wildman–Crippen MR) is 218 cm³/mol. The van der Waals surface area contributed by atoms with Crippen LogP contribution in [0.25, 0.3) is 0 Å². The van der Waals surface area contributed by atoms with E-state index < -0.39 is 72.1 Å². The smallest absolute Gasteiger partial charge is 0.200 e. The normalized spacial score (nSPS) is 20.3. The summed E-state index contributed by atoms with van der Waals surface area (Å²) in [5, 5.41) is 0. The Morgan fingerprint density at radius 1 is 0.466 bits per heavy atom. The highest BCUT2D eigenvalue weighted by molar-refractivity contribution is 8.13. The van der Waals surface area contributed by atoms with Crippen molar-refractivity contribution in [1.82, 2.24) is 0 Å². The zero-order valence-electron chi connectivity index (χ0n) is 33.2. The van der Waals surface area contributed by atoms with Crippen LogP contribution in [0.2, 0.25) is 0 Å². The van der Waals surface area contributed by atoms with Gasteiger partial charge >= 0.3 is 0 Å². The number of hydrogen-bond acceptors (Lipinski definition) is 12. The Balaban J connectivity index is 1.30. The number of rotatable bonds is 18. The molecule has 0 N–H and O–H groups in total. The first-order valence-electron chi connectivity index (χ1n) is 19.1. The van der Waals surface area contributed by atoms with Crippen LogP contribution in [0.5, 0.6) is 11.5 Å². The molecule has 2 heterocycles. The first-order chi connectivity index (χ1) is 27.4. The van der Waals surface area contributed by atoms with Gasteiger partial charge in [0.05, 0.1) is 59.2 Å². The van der Waals surface area contributed by atoms with Crippen molar-refractivity contribution in [3.8, 4) is 11.5 Å². The van der Waals surface area contributed by atoms with E-state index >= 15 is 0 Å². The predicted octanol–water partition coefficient (Wildman–Crippen LogP) is 7.11. The summed E-state index contributed by atoms with van der Waals surface area (Å²) in [5.41, 5.74) is 1.66. The fraction of sp³-hybridized carbons (Fsp3) is 0.429. The molecule has 0 amide bonds. The molecule has 0 saturated heterocycles. The molecule has 4 aromatic rings. The molecular formula is C42H50O12S4. The van der Waals surface area contributed by atoms with Crippen molar-refractivity contribution < 1.29 is 52.6 Å². The van der Waals surface area contributed by atoms with Crippen molar-refractivity contribution in [2.24, 2.45) is 5.92 Å². The van der Waals surface area contributed by atoms with E-state index in [0.717, 1.165) is 11.1 Å². The molecule has 12 nitrogen and oxygen atoms in total. The van der Waals surface area contributed by atoms with E-state index in [1.807, 2.05) is 24.3 Å². The fourth-order valence-electron chi connectivity index (χ4n) is 8.13. The average molecular weight is 875 g/mol. The van der Waals surface area contributed by atoms with Gasteiger partial charge in [-0.05, 0) is 118 Å². The van der Waals surface area contributed by atoms with Gasteiger partial charge in [0.2, 0.25) is 0 Å². The lowest BCUT2D eigenvalue weighted by Crippen LogP contribution is -2.49. The maximum absolute atomic E-state index is 14.7. The second-order valence-electron chi connectivity index (χ2n) is 15.1. The lowest BCUT2D eigenvalue weighted by molar-refractivity contribution is 0.0444. The SMILES string of the molecule is COc1ccc(CO[C@@H](C)CCC2(CC[C@@H](C)C3(CC[C@H](C)OCc4ccc(OC)cc4)S(=O)(=O)c4ccccc4S3(=O)=O)S(=O)(=O)c3ccccc3S2(=O)=O)cc1. The summed E-state index contributed by atoms with van der Waals surface area (Å²) in [6.07, 6.45) is -2.79. The average Bonchev–Trinajstić information content (AvgIpc) is 3.44. The third-order valence-corrected chi connectivity index (χ3v) is 24.1. The molecule has 2 aliphatic rings. The number of fused-ring (bicyclic) bond motifs is 2. The van der Waals surface area contributed by atoms with Crippen molar-refractivity contribution in [3.05, 3.63) is 108 Å². The molecule has 4 aromatic carbocycles. The van der Waals surface area contributed by atoms with Crippen molar-refractivity contribution in [2.45, 2.75) is 112 Å². The van der Waals surface area contributed by atoms with Crippen LogP contribution in [0, 0.1) is 5.92 Å². The molecule has 2 aliphatic heterocycles. The van der Waals surface area contributed by atoms with Gasteiger partial charge in [-0.15, -0.1) is 0 Å². The van der Waals surface area contributed by atoms with Gasteiger partial charge in [0.15, 0.2) is 47.5 Å². The van der Waals surface area contributed by atoms with Crippen LogP contribution in [-0.4, -0.2) is 68.3 Å². The Labute approximate surface area is 342 Å². The van der Waals surface area contributed by atoms with Gasteiger partial charge in [-0.25, -0.2) is 33.7 Å². The molecule has 0 aromatic heterocycles. The first-order valence-corrected chi connectivity index (χ1v) is 25.0. The van der Waals surface area contributed by atoms with E-state index in [1.54, 1.807) is 52.3 Å². The van der Waals surface area contributed by atoms with E-state index in [2.05, 4.69) is 0 Å². The summed E-state index contributed by atoms with van der Waals surface area (Å²) >= 11 is 0. The van der Waals surface area contributed by atoms with Crippen molar-refractivity contribution in [1.29, 1.82) is 0 Å². The zero-order chi connectivity index (χ0) is 42.1. The van der Waals surface area contributed by atoms with E-state index in [4.69, 9.17) is 18.9 Å². The summed E-state index contributed by atoms with van der Waals surface area (Å²) in [6.45, 7) is 5.26. The summed E-state index contributed by atoms with van der Waals surface area (Å²) in [7, 11) is -15.3. The van der Waals surface area contributed by atoms with Crippen molar-refractivity contribution >= 4 is 39.3 Å². The minimum atomic E-state index is -4.61. The van der Waals surface area contributed by atoms with Crippen LogP contribution in [0.15, 0.2) is 117 Å². The summed E-state index contributed by atoms with van der Waals surface area (Å²) in [6, 6.07) is 25.3. The molecule has 58 heavy (non-hydrogen) atoms. The molecule has 0 fully saturated rings. The van der Waals surface area contributed by atoms with E-state index in [-0.39, 0.29) is 64.9 Å². The number of benzene rings is 4. The van der Waals surface area contributed by atoms with Gasteiger partial charge in [0, 0.05) is 0 Å². The molecule has 0 bridgehead atoms. The van der Waals surface area contributed by atoms with Crippen LogP contribution in [0.1, 0.15) is 70.4 Å². The fourth-order valence-corrected chi connectivity index (χ4v) is 20.4. The van der Waals surface area contributed by atoms with Gasteiger partial charge in [-0.1, -0.05) is 55.5 Å². The quantitative estimate of drug-likeness (QED) is 0.0994. The van der Waals surface area contributed by atoms with Crippen LogP contribution >= 0.6 is 0 Å². The van der Waals surface area contributed by atoms with E-state index in [0.29, 0.717) is 11.5 Å². The minimum absolute atomic E-state index is 0.0170. The third-order valence-electron chi connectivity index (χ3n) is 11.7. The van der Waals surface area contributed by atoms with Crippen LogP contribution in [0.3, 0.4) is 0 Å². The van der Waals surface area contributed by atoms with E-state index in [9.17, 15) is 33.7 Å². The van der Waals surface area contributed by atoms with Crippen LogP contribution < -0.4 is 9.47 Å². The highest BCUT2D eigenvalue weighted by atomic mass is 32.3. The first kappa shape index (κ1) is 43.8. The van der Waals surface area contributed by atoms with Crippen molar-refractivity contribution in [2.75, 3.05) is 14.2 Å². The second-order valence-corrected chi connectivity index (χ2v) is 24.4. The monoisotopic (exact) mass is 874 g/mol. The molecule has 6 rings (SSSR count). The van der Waals surface area contributed by atoms with Gasteiger partial charge < -0.3 is 18.9 Å². The second kappa shape index (κ2) is 16.7. The van der Waals surface area contributed by atoms with Crippen molar-refractivity contribution in [3.63, 3.8) is 0 Å². The lowest BCUT2D eigenvalue weighted by Gasteiger charge is -2.36. The molecule has 0 radical (unpaired) electrons. The molecule has 16 heteroatoms. The Morgan fingerprint density at radius 2 is 0.810 bits per heavy atom. The molecule has 3 atom stereocenters. The number of ether oxygens (including phenoxy) is 4. The van der Waals surface area contributed by atoms with Gasteiger partial charge in [-0.3, -0.25) is 0 Å². The van der Waals surface area contributed by atoms with Gasteiger partial charge in [0.25, 0.3) is 0 Å². The Kier molecular flexibility index (Phi) is 12.6. The maximum atomic E-state index is 14.7. The maximum Gasteiger partial charge on any atom is 0.200 e. The summed E-state index contributed by atoms with van der Waals surface area (Å²) < 4.78 is 135. The van der Waals surface area contributed by atoms with Gasteiger partial charge in [-0.2, -0.15) is 0 Å². The highest BCUT2D eigenvalue weighted by Gasteiger charge is 2.67. The minimum Gasteiger partial charge on any atom is -0.497 e. The highest BCUT2D eigenvalue weighted by Crippen LogP contribution is 2.56. The third kappa shape index (κ3) is 7.38. The number of methoxy groups -OCH3 is 2. The largest absolute Gasteiger partial charge is 0.497 e. The summed E-state index contributed by atoms with van der Waals surface area (Å²) in [5.74, 6) is 0.0828. The Morgan fingerprint density at radius 3 is 1.19 bits per heavy atom. The zero-order valence-corrected chi connectivity index (χ0v) is 36.4. The molecule has 0 saturated carbocycles. The molecule has 0 unspecified atom stereocenters. The molecule has 0 spiro atoms. The van der Waals surface area contributed by atoms with Crippen LogP contribution in [0.4, 0.5) is 0 Å². The molecule has 314 valence electrons.